The van der Waals surface area contributed by atoms with Crippen molar-refractivity contribution in [2.24, 2.45) is 5.92 Å². The van der Waals surface area contributed by atoms with Crippen LogP contribution >= 0.6 is 0 Å². The standard InChI is InChI=1S/C28H32/c1-2-9-17-24-23(16-8-1)25-18-11-12-20-27(25)28(22-14-6-5-7-15-22)21-13-4-3-10-19-26(24)28/h5-7,11-12,14-15,17-20,27H,1-4,8-10,13,16,21H2/b24-17+,26-19-/t27-,28-/m1/s1. The van der Waals surface area contributed by atoms with Gasteiger partial charge < -0.3 is 0 Å². The number of rotatable bonds is 1. The third-order valence-corrected chi connectivity index (χ3v) is 7.39. The second-order valence-electron chi connectivity index (χ2n) is 8.93. The lowest BCUT2D eigenvalue weighted by atomic mass is 9.53. The smallest absolute Gasteiger partial charge is 0.0308 e. The van der Waals surface area contributed by atoms with Crippen molar-refractivity contribution >= 4 is 0 Å². The molecule has 0 amide bonds. The monoisotopic (exact) mass is 368 g/mol. The van der Waals surface area contributed by atoms with Gasteiger partial charge in [0.05, 0.1) is 0 Å². The van der Waals surface area contributed by atoms with Gasteiger partial charge in [0.25, 0.3) is 0 Å². The van der Waals surface area contributed by atoms with Crippen LogP contribution in [-0.2, 0) is 5.41 Å². The van der Waals surface area contributed by atoms with Crippen molar-refractivity contribution in [3.05, 3.63) is 94.6 Å². The molecule has 0 radical (unpaired) electrons. The van der Waals surface area contributed by atoms with Crippen molar-refractivity contribution in [3.63, 3.8) is 0 Å². The van der Waals surface area contributed by atoms with Crippen LogP contribution in [0.1, 0.15) is 69.8 Å². The summed E-state index contributed by atoms with van der Waals surface area (Å²) >= 11 is 0. The normalized spacial score (nSPS) is 33.6. The van der Waals surface area contributed by atoms with E-state index in [2.05, 4.69) is 66.8 Å². The van der Waals surface area contributed by atoms with E-state index in [0.29, 0.717) is 5.92 Å². The lowest BCUT2D eigenvalue weighted by Gasteiger charge is -2.50. The summed E-state index contributed by atoms with van der Waals surface area (Å²) in [6.45, 7) is 0. The van der Waals surface area contributed by atoms with Gasteiger partial charge in [0, 0.05) is 11.3 Å². The summed E-state index contributed by atoms with van der Waals surface area (Å²) < 4.78 is 0. The first-order valence-corrected chi connectivity index (χ1v) is 11.5. The molecule has 0 fully saturated rings. The zero-order valence-corrected chi connectivity index (χ0v) is 17.0. The molecule has 0 spiro atoms. The molecule has 1 aromatic rings. The largest absolute Gasteiger partial charge is 0.0798 e. The van der Waals surface area contributed by atoms with E-state index in [0.717, 1.165) is 0 Å². The molecule has 0 saturated carbocycles. The van der Waals surface area contributed by atoms with Crippen molar-refractivity contribution < 1.29 is 0 Å². The summed E-state index contributed by atoms with van der Waals surface area (Å²) in [6.07, 6.45) is 27.8. The highest BCUT2D eigenvalue weighted by molar-refractivity contribution is 5.66. The van der Waals surface area contributed by atoms with E-state index in [1.165, 1.54) is 69.8 Å². The highest BCUT2D eigenvalue weighted by Gasteiger charge is 2.48. The Bertz CT molecular complexity index is 874. The van der Waals surface area contributed by atoms with Crippen LogP contribution < -0.4 is 0 Å². The minimum Gasteiger partial charge on any atom is -0.0798 e. The zero-order chi connectivity index (χ0) is 18.8. The topological polar surface area (TPSA) is 0 Å². The summed E-state index contributed by atoms with van der Waals surface area (Å²) in [7, 11) is 0. The predicted octanol–water partition coefficient (Wildman–Crippen LogP) is 7.76. The fraction of sp³-hybridized carbons (Fsp3) is 0.429. The molecule has 0 aromatic heterocycles. The van der Waals surface area contributed by atoms with Crippen molar-refractivity contribution in [3.8, 4) is 0 Å². The molecule has 2 atom stereocenters. The van der Waals surface area contributed by atoms with Gasteiger partial charge in [-0.1, -0.05) is 86.1 Å². The van der Waals surface area contributed by atoms with Gasteiger partial charge in [0.1, 0.15) is 0 Å². The van der Waals surface area contributed by atoms with E-state index >= 15 is 0 Å². The molecule has 1 aromatic carbocycles. The number of allylic oxidation sites excluding steroid dienone is 10. The zero-order valence-electron chi connectivity index (χ0n) is 17.0. The first kappa shape index (κ1) is 18.0. The number of hydrogen-bond acceptors (Lipinski definition) is 0. The van der Waals surface area contributed by atoms with E-state index in [9.17, 15) is 0 Å². The minimum atomic E-state index is 0.104. The highest BCUT2D eigenvalue weighted by Crippen LogP contribution is 2.57. The maximum absolute atomic E-state index is 2.64. The van der Waals surface area contributed by atoms with Crippen LogP contribution in [0.25, 0.3) is 0 Å². The second kappa shape index (κ2) is 7.74. The summed E-state index contributed by atoms with van der Waals surface area (Å²) in [5.74, 6) is 0.482. The van der Waals surface area contributed by atoms with Crippen molar-refractivity contribution in [2.75, 3.05) is 0 Å². The molecule has 4 aliphatic carbocycles. The van der Waals surface area contributed by atoms with Gasteiger partial charge in [-0.3, -0.25) is 0 Å². The molecule has 144 valence electrons. The fourth-order valence-corrected chi connectivity index (χ4v) is 6.14. The van der Waals surface area contributed by atoms with Crippen molar-refractivity contribution in [1.82, 2.24) is 0 Å². The molecular weight excluding hydrogens is 336 g/mol. The molecule has 28 heavy (non-hydrogen) atoms. The fourth-order valence-electron chi connectivity index (χ4n) is 6.14. The predicted molar refractivity (Wildman–Crippen MR) is 119 cm³/mol. The SMILES string of the molecule is C1=CC2=C3CCCCC/C=C3/C3=C/CCCCC[C@]3(c3ccccc3)[C@@H]2C=C1. The van der Waals surface area contributed by atoms with E-state index in [1.807, 2.05) is 0 Å². The first-order valence-electron chi connectivity index (χ1n) is 11.5. The maximum Gasteiger partial charge on any atom is 0.0308 e. The average Bonchev–Trinajstić information content (AvgIpc) is 2.70. The molecule has 0 heteroatoms. The molecule has 0 bridgehead atoms. The molecule has 0 aliphatic heterocycles. The van der Waals surface area contributed by atoms with Crippen LogP contribution in [0.2, 0.25) is 0 Å². The van der Waals surface area contributed by atoms with Crippen LogP contribution in [0, 0.1) is 5.92 Å². The Kier molecular flexibility index (Phi) is 4.97. The number of hydrogen-bond donors (Lipinski definition) is 0. The molecule has 0 heterocycles. The van der Waals surface area contributed by atoms with E-state index in [1.54, 1.807) is 22.3 Å². The van der Waals surface area contributed by atoms with Crippen LogP contribution in [-0.4, -0.2) is 0 Å². The van der Waals surface area contributed by atoms with Gasteiger partial charge >= 0.3 is 0 Å². The molecule has 0 unspecified atom stereocenters. The number of fused-ring (bicyclic) bond motifs is 5. The lowest BCUT2D eigenvalue weighted by Crippen LogP contribution is -2.42. The van der Waals surface area contributed by atoms with Gasteiger partial charge in [0.15, 0.2) is 0 Å². The molecule has 5 rings (SSSR count). The summed E-state index contributed by atoms with van der Waals surface area (Å²) in [6, 6.07) is 11.5. The first-order chi connectivity index (χ1) is 13.9. The van der Waals surface area contributed by atoms with Crippen LogP contribution in [0.5, 0.6) is 0 Å². The minimum absolute atomic E-state index is 0.104. The van der Waals surface area contributed by atoms with Gasteiger partial charge in [-0.05, 0) is 72.8 Å². The van der Waals surface area contributed by atoms with E-state index < -0.39 is 0 Å². The maximum atomic E-state index is 2.64. The van der Waals surface area contributed by atoms with Gasteiger partial charge in [-0.25, -0.2) is 0 Å². The summed E-state index contributed by atoms with van der Waals surface area (Å²) in [5.41, 5.74) is 8.15. The second-order valence-corrected chi connectivity index (χ2v) is 8.93. The summed E-state index contributed by atoms with van der Waals surface area (Å²) in [5, 5.41) is 0. The van der Waals surface area contributed by atoms with E-state index in [-0.39, 0.29) is 5.41 Å². The Morgan fingerprint density at radius 1 is 0.786 bits per heavy atom. The van der Waals surface area contributed by atoms with Gasteiger partial charge in [0.2, 0.25) is 0 Å². The molecular formula is C28H32. The molecule has 0 nitrogen and oxygen atoms in total. The van der Waals surface area contributed by atoms with Gasteiger partial charge in [-0.15, -0.1) is 0 Å². The number of benzene rings is 1. The van der Waals surface area contributed by atoms with Crippen LogP contribution in [0.3, 0.4) is 0 Å². The van der Waals surface area contributed by atoms with E-state index in [4.69, 9.17) is 0 Å². The van der Waals surface area contributed by atoms with Crippen LogP contribution in [0.4, 0.5) is 0 Å². The molecule has 0 N–H and O–H groups in total. The molecule has 4 aliphatic rings. The average molecular weight is 369 g/mol. The summed E-state index contributed by atoms with van der Waals surface area (Å²) in [4.78, 5) is 0. The third-order valence-electron chi connectivity index (χ3n) is 7.39. The molecule has 0 saturated heterocycles. The van der Waals surface area contributed by atoms with Crippen molar-refractivity contribution in [1.29, 1.82) is 0 Å². The Hall–Kier alpha value is -2.08. The highest BCUT2D eigenvalue weighted by atomic mass is 14.5. The Balaban J connectivity index is 1.81. The Labute approximate surface area is 170 Å². The third kappa shape index (κ3) is 2.89. The Morgan fingerprint density at radius 2 is 1.61 bits per heavy atom. The van der Waals surface area contributed by atoms with Crippen LogP contribution in [0.15, 0.2) is 89.1 Å². The van der Waals surface area contributed by atoms with Crippen molar-refractivity contribution in [2.45, 2.75) is 69.6 Å². The van der Waals surface area contributed by atoms with Gasteiger partial charge in [-0.2, -0.15) is 0 Å². The Morgan fingerprint density at radius 3 is 2.50 bits per heavy atom. The lowest BCUT2D eigenvalue weighted by molar-refractivity contribution is 0.354. The quantitative estimate of drug-likeness (QED) is 0.475.